The number of rotatable bonds is 11. The van der Waals surface area contributed by atoms with Gasteiger partial charge in [0.1, 0.15) is 6.04 Å². The van der Waals surface area contributed by atoms with Gasteiger partial charge in [-0.1, -0.05) is 25.7 Å². The van der Waals surface area contributed by atoms with E-state index in [1.807, 2.05) is 0 Å². The molecule has 4 N–H and O–H groups in total. The summed E-state index contributed by atoms with van der Waals surface area (Å²) >= 11 is 0. The molecule has 2 heterocycles. The number of nitrogens with two attached hydrogens (primary N) is 1. The van der Waals surface area contributed by atoms with E-state index >= 15 is 0 Å². The minimum Gasteiger partial charge on any atom is -0.450 e. The van der Waals surface area contributed by atoms with Crippen molar-refractivity contribution in [1.29, 1.82) is 0 Å². The second-order valence-corrected chi connectivity index (χ2v) is 8.48. The molecule has 0 aliphatic carbocycles. The van der Waals surface area contributed by atoms with E-state index in [0.29, 0.717) is 6.61 Å². The van der Waals surface area contributed by atoms with Crippen molar-refractivity contribution in [2.24, 2.45) is 5.73 Å². The quantitative estimate of drug-likeness (QED) is 0.340. The van der Waals surface area contributed by atoms with Crippen LogP contribution in [0.25, 0.3) is 0 Å². The van der Waals surface area contributed by atoms with Gasteiger partial charge in [0, 0.05) is 18.2 Å². The molecule has 10 nitrogen and oxygen atoms in total. The molecule has 2 aliphatic rings. The fourth-order valence-electron chi connectivity index (χ4n) is 4.17. The molecule has 10 heteroatoms. The normalized spacial score (nSPS) is 18.7. The summed E-state index contributed by atoms with van der Waals surface area (Å²) in [4.78, 5) is 60.7. The van der Waals surface area contributed by atoms with Crippen LogP contribution in [0.4, 0.5) is 10.5 Å². The smallest absolute Gasteiger partial charge is 0.404 e. The molecular weight excluding hydrogens is 428 g/mol. The van der Waals surface area contributed by atoms with E-state index in [4.69, 9.17) is 10.5 Å². The average Bonchev–Trinajstić information content (AvgIpc) is 3.00. The average molecular weight is 459 g/mol. The highest BCUT2D eigenvalue weighted by Crippen LogP contribution is 2.30. The number of amides is 5. The maximum Gasteiger partial charge on any atom is 0.404 e. The van der Waals surface area contributed by atoms with Gasteiger partial charge in [0.25, 0.3) is 11.8 Å². The summed E-state index contributed by atoms with van der Waals surface area (Å²) in [7, 11) is 0. The summed E-state index contributed by atoms with van der Waals surface area (Å²) in [6.07, 6.45) is 5.32. The lowest BCUT2D eigenvalue weighted by Crippen LogP contribution is -2.54. The molecule has 2 aliphatic heterocycles. The molecule has 1 fully saturated rings. The summed E-state index contributed by atoms with van der Waals surface area (Å²) in [6, 6.07) is 4.21. The maximum atomic E-state index is 12.9. The number of imide groups is 2. The monoisotopic (exact) mass is 458 g/mol. The van der Waals surface area contributed by atoms with Crippen LogP contribution in [0.3, 0.4) is 0 Å². The number of carbonyl (C=O) groups is 5. The lowest BCUT2D eigenvalue weighted by molar-refractivity contribution is -0.136. The second kappa shape index (κ2) is 10.9. The molecule has 33 heavy (non-hydrogen) atoms. The van der Waals surface area contributed by atoms with Crippen molar-refractivity contribution >= 4 is 35.4 Å². The highest BCUT2D eigenvalue weighted by molar-refractivity contribution is 6.23. The van der Waals surface area contributed by atoms with Crippen molar-refractivity contribution in [3.05, 3.63) is 29.3 Å². The zero-order chi connectivity index (χ0) is 24.0. The zero-order valence-corrected chi connectivity index (χ0v) is 18.7. The lowest BCUT2D eigenvalue weighted by atomic mass is 10.0. The number of primary amides is 1. The van der Waals surface area contributed by atoms with Crippen LogP contribution in [0.1, 0.15) is 79.0 Å². The van der Waals surface area contributed by atoms with Gasteiger partial charge in [0.15, 0.2) is 0 Å². The van der Waals surface area contributed by atoms with Gasteiger partial charge in [-0.25, -0.2) is 4.79 Å². The number of hydrogen-bond acceptors (Lipinski definition) is 7. The summed E-state index contributed by atoms with van der Waals surface area (Å²) in [6.45, 7) is 2.41. The van der Waals surface area contributed by atoms with Crippen LogP contribution in [-0.4, -0.2) is 53.3 Å². The third kappa shape index (κ3) is 6.09. The molecular formula is C23H30N4O6. The highest BCUT2D eigenvalue weighted by atomic mass is 16.5. The van der Waals surface area contributed by atoms with E-state index in [0.717, 1.165) is 49.1 Å². The van der Waals surface area contributed by atoms with Gasteiger partial charge in [-0.3, -0.25) is 29.4 Å². The fourth-order valence-corrected chi connectivity index (χ4v) is 4.17. The van der Waals surface area contributed by atoms with Crippen LogP contribution in [0.2, 0.25) is 0 Å². The molecule has 0 bridgehead atoms. The minimum absolute atomic E-state index is 0.0925. The first-order valence-corrected chi connectivity index (χ1v) is 11.3. The van der Waals surface area contributed by atoms with E-state index in [-0.39, 0.29) is 30.0 Å². The van der Waals surface area contributed by atoms with Crippen LogP contribution in [0.15, 0.2) is 18.2 Å². The Kier molecular flexibility index (Phi) is 8.02. The van der Waals surface area contributed by atoms with Gasteiger partial charge in [0.2, 0.25) is 11.8 Å². The summed E-state index contributed by atoms with van der Waals surface area (Å²) in [5, 5.41) is 5.56. The van der Waals surface area contributed by atoms with Crippen LogP contribution in [0.5, 0.6) is 0 Å². The van der Waals surface area contributed by atoms with Crippen LogP contribution in [0, 0.1) is 0 Å². The third-order valence-electron chi connectivity index (χ3n) is 5.88. The first-order chi connectivity index (χ1) is 15.8. The Hall–Kier alpha value is -3.43. The molecule has 1 aromatic carbocycles. The van der Waals surface area contributed by atoms with Crippen LogP contribution >= 0.6 is 0 Å². The van der Waals surface area contributed by atoms with Gasteiger partial charge in [0.05, 0.1) is 17.7 Å². The number of ether oxygens (including phenoxy) is 1. The first-order valence-electron chi connectivity index (χ1n) is 11.3. The van der Waals surface area contributed by atoms with Gasteiger partial charge in [-0.05, 0) is 44.4 Å². The second-order valence-electron chi connectivity index (χ2n) is 8.48. The number of nitrogens with zero attached hydrogens (tertiary/aromatic N) is 1. The van der Waals surface area contributed by atoms with Crippen molar-refractivity contribution in [3.8, 4) is 0 Å². The Bertz CT molecular complexity index is 947. The standard InChI is InChI=1S/C23H30N4O6/c1-14(7-5-3-2-4-6-12-33-23(24)32)25-15-8-9-16-17(13-15)22(31)27(21(16)30)18-10-11-19(28)26-20(18)29/h8-9,13-14,18,25H,2-7,10-12H2,1H3,(H2,24,32)(H,26,28,29). The summed E-state index contributed by atoms with van der Waals surface area (Å²) in [5.74, 6) is -2.04. The summed E-state index contributed by atoms with van der Waals surface area (Å²) < 4.78 is 4.70. The van der Waals surface area contributed by atoms with E-state index in [1.165, 1.54) is 0 Å². The van der Waals surface area contributed by atoms with Crippen molar-refractivity contribution in [1.82, 2.24) is 10.2 Å². The van der Waals surface area contributed by atoms with E-state index in [2.05, 4.69) is 17.6 Å². The summed E-state index contributed by atoms with van der Waals surface area (Å²) in [5.41, 5.74) is 6.18. The predicted molar refractivity (Wildman–Crippen MR) is 119 cm³/mol. The topological polar surface area (TPSA) is 148 Å². The molecule has 0 spiro atoms. The number of nitrogens with one attached hydrogen (secondary N) is 2. The minimum atomic E-state index is -0.965. The molecule has 5 amide bonds. The number of benzene rings is 1. The fraction of sp³-hybridized carbons (Fsp3) is 0.522. The van der Waals surface area contributed by atoms with Crippen molar-refractivity contribution in [2.75, 3.05) is 11.9 Å². The molecule has 1 saturated heterocycles. The van der Waals surface area contributed by atoms with Crippen LogP contribution < -0.4 is 16.4 Å². The lowest BCUT2D eigenvalue weighted by Gasteiger charge is -2.27. The Balaban J connectivity index is 1.48. The molecule has 178 valence electrons. The number of fused-ring (bicyclic) bond motifs is 1. The largest absolute Gasteiger partial charge is 0.450 e. The third-order valence-corrected chi connectivity index (χ3v) is 5.88. The Labute approximate surface area is 192 Å². The number of carbonyl (C=O) groups excluding carboxylic acids is 5. The molecule has 0 saturated carbocycles. The van der Waals surface area contributed by atoms with Crippen molar-refractivity contribution in [2.45, 2.75) is 70.4 Å². The predicted octanol–water partition coefficient (Wildman–Crippen LogP) is 2.32. The number of piperidine rings is 1. The highest BCUT2D eigenvalue weighted by Gasteiger charge is 2.44. The number of hydrogen-bond donors (Lipinski definition) is 3. The first kappa shape index (κ1) is 24.2. The van der Waals surface area contributed by atoms with Gasteiger partial charge in [-0.15, -0.1) is 0 Å². The van der Waals surface area contributed by atoms with Crippen LogP contribution in [-0.2, 0) is 14.3 Å². The van der Waals surface area contributed by atoms with Gasteiger partial charge < -0.3 is 15.8 Å². The van der Waals surface area contributed by atoms with Gasteiger partial charge >= 0.3 is 6.09 Å². The number of anilines is 1. The molecule has 2 unspecified atom stereocenters. The Morgan fingerprint density at radius 2 is 1.82 bits per heavy atom. The SMILES string of the molecule is CC(CCCCCCCOC(N)=O)Nc1ccc2c(c1)C(=O)N(C1CCC(=O)NC1=O)C2=O. The Morgan fingerprint density at radius 1 is 1.12 bits per heavy atom. The van der Waals surface area contributed by atoms with E-state index < -0.39 is 35.8 Å². The molecule has 3 rings (SSSR count). The molecule has 1 aromatic rings. The Morgan fingerprint density at radius 3 is 2.55 bits per heavy atom. The van der Waals surface area contributed by atoms with Crippen molar-refractivity contribution in [3.63, 3.8) is 0 Å². The molecule has 2 atom stereocenters. The number of unbranched alkanes of at least 4 members (excludes halogenated alkanes) is 4. The van der Waals surface area contributed by atoms with Gasteiger partial charge in [-0.2, -0.15) is 0 Å². The maximum absolute atomic E-state index is 12.9. The van der Waals surface area contributed by atoms with E-state index in [9.17, 15) is 24.0 Å². The molecule has 0 aromatic heterocycles. The molecule has 0 radical (unpaired) electrons. The zero-order valence-electron chi connectivity index (χ0n) is 18.7. The van der Waals surface area contributed by atoms with E-state index in [1.54, 1.807) is 18.2 Å². The van der Waals surface area contributed by atoms with Crippen molar-refractivity contribution < 1.29 is 28.7 Å².